The van der Waals surface area contributed by atoms with Crippen LogP contribution in [0.15, 0.2) is 36.9 Å². The van der Waals surface area contributed by atoms with E-state index in [1.54, 1.807) is 0 Å². The molecule has 192 valence electrons. The first-order chi connectivity index (χ1) is 16.9. The molecule has 0 saturated carbocycles. The number of aryl methyl sites for hydroxylation is 1. The predicted octanol–water partition coefficient (Wildman–Crippen LogP) is 4.03. The van der Waals surface area contributed by atoms with Crippen molar-refractivity contribution in [2.24, 2.45) is 13.0 Å². The van der Waals surface area contributed by atoms with E-state index in [1.807, 2.05) is 0 Å². The van der Waals surface area contributed by atoms with Crippen molar-refractivity contribution in [3.8, 4) is 11.3 Å². The van der Waals surface area contributed by atoms with Crippen molar-refractivity contribution in [1.82, 2.24) is 29.6 Å². The molecule has 1 aliphatic rings. The van der Waals surface area contributed by atoms with Gasteiger partial charge in [0, 0.05) is 44.8 Å². The smallest absolute Gasteiger partial charge is 0.352 e. The van der Waals surface area contributed by atoms with E-state index < -0.39 is 54.3 Å². The van der Waals surface area contributed by atoms with Crippen LogP contribution in [0.1, 0.15) is 29.4 Å². The van der Waals surface area contributed by atoms with Crippen molar-refractivity contribution in [2.75, 3.05) is 18.4 Å². The summed E-state index contributed by atoms with van der Waals surface area (Å²) in [5.41, 5.74) is -1.41. The molecule has 0 bridgehead atoms. The number of alkyl halides is 5. The third-order valence-corrected chi connectivity index (χ3v) is 5.83. The van der Waals surface area contributed by atoms with Crippen LogP contribution in [0, 0.1) is 11.7 Å². The van der Waals surface area contributed by atoms with Gasteiger partial charge in [0.1, 0.15) is 11.5 Å². The molecule has 0 radical (unpaired) electrons. The summed E-state index contributed by atoms with van der Waals surface area (Å²) >= 11 is 0. The van der Waals surface area contributed by atoms with E-state index in [0.717, 1.165) is 11.0 Å². The van der Waals surface area contributed by atoms with E-state index in [0.29, 0.717) is 12.4 Å². The number of nitrogens with zero attached hydrogens (tertiary/aromatic N) is 6. The lowest BCUT2D eigenvalue weighted by molar-refractivity contribution is -0.138. The predicted molar refractivity (Wildman–Crippen MR) is 115 cm³/mol. The minimum Gasteiger partial charge on any atom is -0.352 e. The van der Waals surface area contributed by atoms with Crippen LogP contribution in [0.2, 0.25) is 0 Å². The summed E-state index contributed by atoms with van der Waals surface area (Å²) in [6, 6.07) is 1.71. The van der Waals surface area contributed by atoms with Gasteiger partial charge in [0.05, 0.1) is 23.7 Å². The number of amides is 1. The molecule has 36 heavy (non-hydrogen) atoms. The second kappa shape index (κ2) is 9.39. The van der Waals surface area contributed by atoms with E-state index >= 15 is 0 Å². The van der Waals surface area contributed by atoms with Crippen molar-refractivity contribution in [3.05, 3.63) is 54.0 Å². The maximum Gasteiger partial charge on any atom is 0.419 e. The number of aromatic nitrogens is 5. The SMILES string of the molecule is C[C@@H]1CC(F)(F)CN(C(=O)c2nn(C)cc2-c2ncccc2F)C1CNc1ncc(C(F)(F)F)cn1. The van der Waals surface area contributed by atoms with E-state index in [4.69, 9.17) is 0 Å². The highest BCUT2D eigenvalue weighted by Crippen LogP contribution is 2.36. The van der Waals surface area contributed by atoms with Crippen molar-refractivity contribution >= 4 is 11.9 Å². The van der Waals surface area contributed by atoms with Crippen LogP contribution in [-0.2, 0) is 13.2 Å². The largest absolute Gasteiger partial charge is 0.419 e. The molecule has 1 unspecified atom stereocenters. The van der Waals surface area contributed by atoms with Gasteiger partial charge >= 0.3 is 6.18 Å². The fraction of sp³-hybridized carbons (Fsp3) is 0.409. The van der Waals surface area contributed by atoms with Crippen LogP contribution in [0.25, 0.3) is 11.3 Å². The summed E-state index contributed by atoms with van der Waals surface area (Å²) < 4.78 is 83.0. The van der Waals surface area contributed by atoms with Crippen molar-refractivity contribution in [2.45, 2.75) is 31.5 Å². The Morgan fingerprint density at radius 2 is 1.92 bits per heavy atom. The molecule has 4 rings (SSSR count). The lowest BCUT2D eigenvalue weighted by Crippen LogP contribution is -2.57. The molecular weight excluding hydrogens is 492 g/mol. The first-order valence-electron chi connectivity index (χ1n) is 10.8. The minimum atomic E-state index is -4.61. The number of hydrogen-bond acceptors (Lipinski definition) is 6. The number of nitrogens with one attached hydrogen (secondary N) is 1. The van der Waals surface area contributed by atoms with E-state index in [9.17, 15) is 31.1 Å². The van der Waals surface area contributed by atoms with Crippen molar-refractivity contribution in [3.63, 3.8) is 0 Å². The molecule has 1 fully saturated rings. The fourth-order valence-electron chi connectivity index (χ4n) is 4.18. The Balaban J connectivity index is 1.62. The van der Waals surface area contributed by atoms with E-state index in [2.05, 4.69) is 25.4 Å². The summed E-state index contributed by atoms with van der Waals surface area (Å²) in [5.74, 6) is -5.63. The number of hydrogen-bond donors (Lipinski definition) is 1. The van der Waals surface area contributed by atoms with Gasteiger partial charge in [-0.3, -0.25) is 14.5 Å². The highest BCUT2D eigenvalue weighted by molar-refractivity contribution is 5.99. The molecule has 3 aromatic rings. The molecule has 0 aromatic carbocycles. The monoisotopic (exact) mass is 513 g/mol. The highest BCUT2D eigenvalue weighted by atomic mass is 19.4. The third kappa shape index (κ3) is 5.26. The molecule has 4 heterocycles. The molecule has 1 aliphatic heterocycles. The third-order valence-electron chi connectivity index (χ3n) is 5.83. The Kier molecular flexibility index (Phi) is 6.62. The summed E-state index contributed by atoms with van der Waals surface area (Å²) in [6.07, 6.45) is -1.24. The molecule has 14 heteroatoms. The summed E-state index contributed by atoms with van der Waals surface area (Å²) in [6.45, 7) is 0.497. The topological polar surface area (TPSA) is 88.8 Å². The van der Waals surface area contributed by atoms with Crippen molar-refractivity contribution in [1.29, 1.82) is 0 Å². The quantitative estimate of drug-likeness (QED) is 0.519. The fourth-order valence-corrected chi connectivity index (χ4v) is 4.18. The van der Waals surface area contributed by atoms with E-state index in [1.165, 1.54) is 37.1 Å². The van der Waals surface area contributed by atoms with Gasteiger partial charge in [0.2, 0.25) is 5.95 Å². The summed E-state index contributed by atoms with van der Waals surface area (Å²) in [4.78, 5) is 25.6. The van der Waals surface area contributed by atoms with Crippen LogP contribution < -0.4 is 5.32 Å². The van der Waals surface area contributed by atoms with Gasteiger partial charge in [-0.05, 0) is 18.1 Å². The van der Waals surface area contributed by atoms with E-state index in [-0.39, 0.29) is 29.4 Å². The number of carbonyl (C=O) groups is 1. The number of likely N-dealkylation sites (tertiary alicyclic amines) is 1. The molecule has 3 aromatic heterocycles. The highest BCUT2D eigenvalue weighted by Gasteiger charge is 2.47. The van der Waals surface area contributed by atoms with Gasteiger partial charge in [-0.2, -0.15) is 18.3 Å². The Morgan fingerprint density at radius 1 is 1.22 bits per heavy atom. The molecule has 0 spiro atoms. The maximum absolute atomic E-state index is 14.5. The summed E-state index contributed by atoms with van der Waals surface area (Å²) in [5, 5.41) is 6.81. The zero-order chi connectivity index (χ0) is 26.3. The first-order valence-corrected chi connectivity index (χ1v) is 10.8. The average Bonchev–Trinajstić information content (AvgIpc) is 3.18. The Morgan fingerprint density at radius 3 is 2.56 bits per heavy atom. The average molecular weight is 513 g/mol. The molecule has 0 aliphatic carbocycles. The van der Waals surface area contributed by atoms with Gasteiger partial charge in [-0.15, -0.1) is 0 Å². The first kappa shape index (κ1) is 25.4. The van der Waals surface area contributed by atoms with Crippen LogP contribution in [0.4, 0.5) is 32.3 Å². The second-order valence-corrected chi connectivity index (χ2v) is 8.61. The molecular formula is C22H21F6N7O. The number of halogens is 6. The Bertz CT molecular complexity index is 1240. The molecule has 1 amide bonds. The van der Waals surface area contributed by atoms with Gasteiger partial charge in [0.15, 0.2) is 5.69 Å². The number of piperidine rings is 1. The Labute approximate surface area is 201 Å². The molecule has 1 N–H and O–H groups in total. The Hall–Kier alpha value is -3.71. The minimum absolute atomic E-state index is 0.0416. The van der Waals surface area contributed by atoms with Gasteiger partial charge in [-0.1, -0.05) is 6.92 Å². The van der Waals surface area contributed by atoms with Gasteiger partial charge in [0.25, 0.3) is 11.8 Å². The number of anilines is 1. The lowest BCUT2D eigenvalue weighted by Gasteiger charge is -2.43. The zero-order valence-corrected chi connectivity index (χ0v) is 19.1. The zero-order valence-electron chi connectivity index (χ0n) is 19.1. The van der Waals surface area contributed by atoms with Gasteiger partial charge < -0.3 is 10.2 Å². The summed E-state index contributed by atoms with van der Waals surface area (Å²) in [7, 11) is 1.50. The molecule has 2 atom stereocenters. The van der Waals surface area contributed by atoms with Crippen molar-refractivity contribution < 1.29 is 31.1 Å². The van der Waals surface area contributed by atoms with Crippen LogP contribution in [0.3, 0.4) is 0 Å². The molecule has 8 nitrogen and oxygen atoms in total. The standard InChI is InChI=1S/C22H21F6N7O/c1-12-6-21(24,25)11-35(16(12)9-32-20-30-7-13(8-31-20)22(26,27)28)19(36)18-14(10-34(2)33-18)17-15(23)4-3-5-29-17/h3-5,7-8,10,12,16H,6,9,11H2,1-2H3,(H,30,31,32)/t12-,16?/m1/s1. The van der Waals surface area contributed by atoms with Gasteiger partial charge in [-0.25, -0.2) is 23.1 Å². The molecule has 1 saturated heterocycles. The second-order valence-electron chi connectivity index (χ2n) is 8.61. The maximum atomic E-state index is 14.5. The number of pyridine rings is 1. The number of rotatable bonds is 5. The van der Waals surface area contributed by atoms with Crippen LogP contribution >= 0.6 is 0 Å². The number of carbonyl (C=O) groups excluding carboxylic acids is 1. The van der Waals surface area contributed by atoms with Crippen LogP contribution in [-0.4, -0.2) is 60.6 Å². The van der Waals surface area contributed by atoms with Crippen LogP contribution in [0.5, 0.6) is 0 Å². The normalized spacial score (nSPS) is 19.8. The lowest BCUT2D eigenvalue weighted by atomic mass is 9.88.